The molecule has 0 spiro atoms. The third-order valence-corrected chi connectivity index (χ3v) is 8.22. The Morgan fingerprint density at radius 2 is 2.07 bits per heavy atom. The molecule has 7 heteroatoms. The highest BCUT2D eigenvalue weighted by Gasteiger charge is 2.48. The van der Waals surface area contributed by atoms with Gasteiger partial charge in [-0.25, -0.2) is 9.78 Å². The van der Waals surface area contributed by atoms with E-state index in [4.69, 9.17) is 9.72 Å². The summed E-state index contributed by atoms with van der Waals surface area (Å²) in [5.41, 5.74) is 0.682. The summed E-state index contributed by atoms with van der Waals surface area (Å²) in [6.07, 6.45) is 3.34. The largest absolute Gasteiger partial charge is 0.444 e. The molecule has 2 aromatic rings. The number of thiazole rings is 1. The van der Waals surface area contributed by atoms with Crippen molar-refractivity contribution in [3.8, 4) is 0 Å². The maximum Gasteiger partial charge on any atom is 0.410 e. The normalized spacial score (nSPS) is 29.9. The second-order valence-corrected chi connectivity index (χ2v) is 11.7. The first kappa shape index (κ1) is 19.8. The number of carbonyl (C=O) groups excluding carboxylic acids is 1. The van der Waals surface area contributed by atoms with E-state index in [1.54, 1.807) is 0 Å². The number of ether oxygens (including phenoxy) is 1. The Morgan fingerprint density at radius 1 is 1.28 bits per heavy atom. The van der Waals surface area contributed by atoms with Gasteiger partial charge in [-0.3, -0.25) is 4.90 Å². The van der Waals surface area contributed by atoms with Crippen LogP contribution in [0, 0.1) is 5.92 Å². The first-order chi connectivity index (χ1) is 13.8. The van der Waals surface area contributed by atoms with Crippen molar-refractivity contribution in [3.63, 3.8) is 0 Å². The van der Waals surface area contributed by atoms with E-state index in [1.165, 1.54) is 22.5 Å². The standard InChI is InChI=1S/C22H28BrN3O2S/c1-22(2,3)28-21(27)26-7-6-13-11-25(12-18(13)26)16-8-14(9-16)20-24-17-5-4-15(23)10-19(17)29-20/h4-5,10,13-14,16,18H,6-9,11-12H2,1-3H3/t13?,14-,16-,18?. The fraction of sp³-hybridized carbons (Fsp3) is 0.636. The van der Waals surface area contributed by atoms with Gasteiger partial charge < -0.3 is 9.64 Å². The molecular formula is C22H28BrN3O2S. The number of aromatic nitrogens is 1. The number of rotatable bonds is 2. The van der Waals surface area contributed by atoms with Crippen molar-refractivity contribution >= 4 is 43.6 Å². The van der Waals surface area contributed by atoms with Crippen LogP contribution in [-0.2, 0) is 4.74 Å². The molecule has 2 saturated heterocycles. The maximum absolute atomic E-state index is 12.6. The monoisotopic (exact) mass is 477 g/mol. The predicted molar refractivity (Wildman–Crippen MR) is 119 cm³/mol. The third-order valence-electron chi connectivity index (χ3n) is 6.55. The van der Waals surface area contributed by atoms with Gasteiger partial charge in [-0.1, -0.05) is 15.9 Å². The molecule has 2 atom stereocenters. The lowest BCUT2D eigenvalue weighted by Crippen LogP contribution is -2.46. The molecule has 5 rings (SSSR count). The number of hydrogen-bond acceptors (Lipinski definition) is 5. The van der Waals surface area contributed by atoms with Gasteiger partial charge in [0.15, 0.2) is 0 Å². The van der Waals surface area contributed by atoms with Crippen LogP contribution in [0.5, 0.6) is 0 Å². The summed E-state index contributed by atoms with van der Waals surface area (Å²) >= 11 is 5.39. The Morgan fingerprint density at radius 3 is 2.83 bits per heavy atom. The fourth-order valence-corrected chi connectivity index (χ4v) is 6.66. The van der Waals surface area contributed by atoms with E-state index >= 15 is 0 Å². The van der Waals surface area contributed by atoms with E-state index in [2.05, 4.69) is 39.0 Å². The molecule has 1 saturated carbocycles. The SMILES string of the molecule is CC(C)(C)OC(=O)N1CCC2CN([C@H]3C[C@H](c4nc5ccc(Br)cc5s4)C3)CC21. The third kappa shape index (κ3) is 3.81. The van der Waals surface area contributed by atoms with Crippen LogP contribution in [0.1, 0.15) is 51.0 Å². The van der Waals surface area contributed by atoms with Crippen molar-refractivity contribution in [2.45, 2.75) is 63.6 Å². The molecule has 2 unspecified atom stereocenters. The van der Waals surface area contributed by atoms with Gasteiger partial charge in [-0.2, -0.15) is 0 Å². The summed E-state index contributed by atoms with van der Waals surface area (Å²) in [5.74, 6) is 1.18. The highest BCUT2D eigenvalue weighted by atomic mass is 79.9. The molecule has 29 heavy (non-hydrogen) atoms. The van der Waals surface area contributed by atoms with Crippen LogP contribution in [0.25, 0.3) is 10.2 Å². The van der Waals surface area contributed by atoms with Crippen LogP contribution in [0.2, 0.25) is 0 Å². The van der Waals surface area contributed by atoms with E-state index in [0.717, 1.165) is 36.0 Å². The fourth-order valence-electron chi connectivity index (χ4n) is 5.02. The molecule has 1 aromatic heterocycles. The number of hydrogen-bond donors (Lipinski definition) is 0. The predicted octanol–water partition coefficient (Wildman–Crippen LogP) is 5.25. The molecule has 2 aliphatic heterocycles. The Hall–Kier alpha value is -1.18. The maximum atomic E-state index is 12.6. The van der Waals surface area contributed by atoms with E-state index in [0.29, 0.717) is 23.9 Å². The van der Waals surface area contributed by atoms with Crippen molar-refractivity contribution in [3.05, 3.63) is 27.7 Å². The van der Waals surface area contributed by atoms with E-state index in [1.807, 2.05) is 37.0 Å². The molecule has 1 aromatic carbocycles. The average Bonchev–Trinajstić information content (AvgIpc) is 3.24. The summed E-state index contributed by atoms with van der Waals surface area (Å²) < 4.78 is 8.02. The Labute approximate surface area is 184 Å². The quantitative estimate of drug-likeness (QED) is 0.592. The van der Waals surface area contributed by atoms with Crippen LogP contribution in [0.3, 0.4) is 0 Å². The number of benzene rings is 1. The second-order valence-electron chi connectivity index (χ2n) is 9.73. The van der Waals surface area contributed by atoms with Gasteiger partial charge in [0.05, 0.1) is 21.3 Å². The minimum Gasteiger partial charge on any atom is -0.444 e. The van der Waals surface area contributed by atoms with Crippen LogP contribution in [0.15, 0.2) is 22.7 Å². The van der Waals surface area contributed by atoms with Crippen LogP contribution >= 0.6 is 27.3 Å². The second kappa shape index (κ2) is 7.20. The summed E-state index contributed by atoms with van der Waals surface area (Å²) in [4.78, 5) is 22.1. The topological polar surface area (TPSA) is 45.7 Å². The van der Waals surface area contributed by atoms with Gasteiger partial charge in [-0.15, -0.1) is 11.3 Å². The van der Waals surface area contributed by atoms with Crippen molar-refractivity contribution in [1.82, 2.24) is 14.8 Å². The number of fused-ring (bicyclic) bond motifs is 2. The smallest absolute Gasteiger partial charge is 0.410 e. The molecule has 0 bridgehead atoms. The number of halogens is 1. The zero-order valence-corrected chi connectivity index (χ0v) is 19.6. The van der Waals surface area contributed by atoms with Crippen LogP contribution in [0.4, 0.5) is 4.79 Å². The van der Waals surface area contributed by atoms with E-state index in [-0.39, 0.29) is 6.09 Å². The summed E-state index contributed by atoms with van der Waals surface area (Å²) in [6.45, 7) is 8.77. The minimum absolute atomic E-state index is 0.140. The van der Waals surface area contributed by atoms with E-state index < -0.39 is 5.60 Å². The van der Waals surface area contributed by atoms with Crippen molar-refractivity contribution in [2.75, 3.05) is 19.6 Å². The molecule has 1 aliphatic carbocycles. The lowest BCUT2D eigenvalue weighted by Gasteiger charge is -2.41. The Kier molecular flexibility index (Phi) is 4.91. The van der Waals surface area contributed by atoms with Gasteiger partial charge in [0.2, 0.25) is 0 Å². The molecule has 156 valence electrons. The molecule has 3 aliphatic rings. The molecule has 0 radical (unpaired) electrons. The molecule has 5 nitrogen and oxygen atoms in total. The van der Waals surface area contributed by atoms with Gasteiger partial charge >= 0.3 is 6.09 Å². The van der Waals surface area contributed by atoms with Crippen LogP contribution < -0.4 is 0 Å². The summed E-state index contributed by atoms with van der Waals surface area (Å²) in [7, 11) is 0. The van der Waals surface area contributed by atoms with Crippen molar-refractivity contribution < 1.29 is 9.53 Å². The zero-order chi connectivity index (χ0) is 20.3. The lowest BCUT2D eigenvalue weighted by molar-refractivity contribution is 0.0204. The Balaban J connectivity index is 1.19. The number of nitrogens with zero attached hydrogens (tertiary/aromatic N) is 3. The van der Waals surface area contributed by atoms with Gasteiger partial charge in [0.25, 0.3) is 0 Å². The Bertz CT molecular complexity index is 934. The first-order valence-electron chi connectivity index (χ1n) is 10.6. The van der Waals surface area contributed by atoms with E-state index in [9.17, 15) is 4.79 Å². The molecule has 1 amide bonds. The lowest BCUT2D eigenvalue weighted by atomic mass is 9.80. The van der Waals surface area contributed by atoms with Gasteiger partial charge in [-0.05, 0) is 64.2 Å². The number of amides is 1. The van der Waals surface area contributed by atoms with Gasteiger partial charge in [0, 0.05) is 36.1 Å². The number of likely N-dealkylation sites (tertiary alicyclic amines) is 2. The summed E-state index contributed by atoms with van der Waals surface area (Å²) in [5, 5.41) is 1.28. The first-order valence-corrected chi connectivity index (χ1v) is 12.2. The van der Waals surface area contributed by atoms with Gasteiger partial charge in [0.1, 0.15) is 5.60 Å². The minimum atomic E-state index is -0.429. The molecular weight excluding hydrogens is 450 g/mol. The summed E-state index contributed by atoms with van der Waals surface area (Å²) in [6, 6.07) is 7.28. The zero-order valence-electron chi connectivity index (χ0n) is 17.2. The molecule has 3 fully saturated rings. The molecule has 3 heterocycles. The van der Waals surface area contributed by atoms with Crippen molar-refractivity contribution in [2.24, 2.45) is 5.92 Å². The van der Waals surface area contributed by atoms with Crippen LogP contribution in [-0.4, -0.2) is 58.2 Å². The number of carbonyl (C=O) groups is 1. The highest BCUT2D eigenvalue weighted by molar-refractivity contribution is 9.10. The average molecular weight is 478 g/mol. The molecule has 0 N–H and O–H groups in total. The highest BCUT2D eigenvalue weighted by Crippen LogP contribution is 2.45. The van der Waals surface area contributed by atoms with Crippen molar-refractivity contribution in [1.29, 1.82) is 0 Å².